The minimum absolute atomic E-state index is 0.169. The van der Waals surface area contributed by atoms with Crippen LogP contribution in [0.15, 0.2) is 42.6 Å². The van der Waals surface area contributed by atoms with Crippen molar-refractivity contribution >= 4 is 29.0 Å². The summed E-state index contributed by atoms with van der Waals surface area (Å²) < 4.78 is 5.52. The molecule has 0 aliphatic rings. The molecule has 0 spiro atoms. The van der Waals surface area contributed by atoms with E-state index in [9.17, 15) is 10.1 Å². The summed E-state index contributed by atoms with van der Waals surface area (Å²) in [7, 11) is 0. The van der Waals surface area contributed by atoms with Gasteiger partial charge in [-0.25, -0.2) is 0 Å². The van der Waals surface area contributed by atoms with Gasteiger partial charge in [-0.1, -0.05) is 29.3 Å². The highest BCUT2D eigenvalue weighted by Gasteiger charge is 2.20. The number of rotatable bonds is 7. The van der Waals surface area contributed by atoms with Crippen LogP contribution in [0.1, 0.15) is 24.5 Å². The molecular formula is C17H14Cl2N2O2. The van der Waals surface area contributed by atoms with Gasteiger partial charge in [0.05, 0.1) is 23.4 Å². The van der Waals surface area contributed by atoms with E-state index in [1.807, 2.05) is 6.07 Å². The third-order valence-corrected chi connectivity index (χ3v) is 3.68. The summed E-state index contributed by atoms with van der Waals surface area (Å²) in [5, 5.41) is 10.1. The Labute approximate surface area is 144 Å². The lowest BCUT2D eigenvalue weighted by Crippen LogP contribution is -2.13. The molecule has 1 unspecified atom stereocenters. The molecule has 0 N–H and O–H groups in total. The normalized spacial score (nSPS) is 11.5. The molecule has 1 atom stereocenters. The summed E-state index contributed by atoms with van der Waals surface area (Å²) in [4.78, 5) is 16.2. The van der Waals surface area contributed by atoms with Crippen LogP contribution in [0.2, 0.25) is 10.0 Å². The van der Waals surface area contributed by atoms with Gasteiger partial charge in [0.2, 0.25) is 0 Å². The van der Waals surface area contributed by atoms with E-state index in [4.69, 9.17) is 27.9 Å². The number of carbonyl (C=O) groups is 1. The molecule has 23 heavy (non-hydrogen) atoms. The third-order valence-electron chi connectivity index (χ3n) is 3.15. The van der Waals surface area contributed by atoms with E-state index in [0.717, 1.165) is 0 Å². The summed E-state index contributed by atoms with van der Waals surface area (Å²) in [5.74, 6) is -0.489. The molecule has 2 rings (SSSR count). The van der Waals surface area contributed by atoms with Crippen LogP contribution < -0.4 is 4.74 Å². The van der Waals surface area contributed by atoms with Crippen molar-refractivity contribution in [2.75, 3.05) is 6.61 Å². The molecule has 0 aliphatic heterocycles. The van der Waals surface area contributed by atoms with Crippen LogP contribution in [0.5, 0.6) is 5.75 Å². The lowest BCUT2D eigenvalue weighted by Gasteiger charge is -2.09. The number of ketones is 1. The fourth-order valence-electron chi connectivity index (χ4n) is 2.01. The Morgan fingerprint density at radius 2 is 2.13 bits per heavy atom. The Morgan fingerprint density at radius 3 is 2.78 bits per heavy atom. The number of nitrogens with zero attached hydrogens (tertiary/aromatic N) is 2. The number of nitriles is 1. The smallest absolute Gasteiger partial charge is 0.156 e. The number of Topliss-reactive ketones (excluding diaryl/α,β-unsaturated/α-hetero) is 1. The number of aromatic nitrogens is 1. The molecule has 4 nitrogen and oxygen atoms in total. The molecule has 0 aliphatic carbocycles. The van der Waals surface area contributed by atoms with Gasteiger partial charge in [0.25, 0.3) is 0 Å². The Bertz CT molecular complexity index is 714. The lowest BCUT2D eigenvalue weighted by atomic mass is 9.98. The maximum Gasteiger partial charge on any atom is 0.156 e. The number of halogens is 2. The molecule has 118 valence electrons. The monoisotopic (exact) mass is 348 g/mol. The molecule has 1 aromatic carbocycles. The second-order valence-corrected chi connectivity index (χ2v) is 5.65. The van der Waals surface area contributed by atoms with Gasteiger partial charge < -0.3 is 4.74 Å². The first-order valence-electron chi connectivity index (χ1n) is 7.03. The second kappa shape index (κ2) is 8.52. The maximum absolute atomic E-state index is 12.1. The molecule has 1 aromatic heterocycles. The predicted octanol–water partition coefficient (Wildman–Crippen LogP) is 4.42. The molecule has 6 heteroatoms. The maximum atomic E-state index is 12.1. The average Bonchev–Trinajstić information content (AvgIpc) is 2.55. The Hall–Kier alpha value is -2.09. The van der Waals surface area contributed by atoms with Gasteiger partial charge in [0, 0.05) is 17.6 Å². The molecule has 0 saturated heterocycles. The van der Waals surface area contributed by atoms with Crippen LogP contribution in [-0.4, -0.2) is 17.4 Å². The van der Waals surface area contributed by atoms with E-state index in [1.165, 1.54) is 0 Å². The lowest BCUT2D eigenvalue weighted by molar-refractivity contribution is -0.119. The van der Waals surface area contributed by atoms with Crippen LogP contribution in [0.3, 0.4) is 0 Å². The molecule has 1 heterocycles. The number of hydrogen-bond acceptors (Lipinski definition) is 4. The van der Waals surface area contributed by atoms with Gasteiger partial charge in [-0.15, -0.1) is 0 Å². The molecular weight excluding hydrogens is 335 g/mol. The first-order chi connectivity index (χ1) is 11.1. The van der Waals surface area contributed by atoms with Gasteiger partial charge in [0.15, 0.2) is 5.78 Å². The van der Waals surface area contributed by atoms with Crippen molar-refractivity contribution in [2.45, 2.75) is 18.8 Å². The number of carbonyl (C=O) groups excluding carboxylic acids is 1. The average molecular weight is 349 g/mol. The third kappa shape index (κ3) is 4.95. The van der Waals surface area contributed by atoms with Gasteiger partial charge in [0.1, 0.15) is 11.7 Å². The van der Waals surface area contributed by atoms with Crippen LogP contribution in [0.25, 0.3) is 0 Å². The first kappa shape index (κ1) is 17.3. The highest BCUT2D eigenvalue weighted by molar-refractivity contribution is 6.35. The predicted molar refractivity (Wildman–Crippen MR) is 88.8 cm³/mol. The van der Waals surface area contributed by atoms with Crippen molar-refractivity contribution in [3.05, 3.63) is 58.3 Å². The SMILES string of the molecule is N#CC(C(=O)CCCOc1ccc(Cl)cc1Cl)c1ccccn1. The van der Waals surface area contributed by atoms with Crippen LogP contribution in [-0.2, 0) is 4.79 Å². The summed E-state index contributed by atoms with van der Waals surface area (Å²) in [6.07, 6.45) is 2.29. The molecule has 0 radical (unpaired) electrons. The van der Waals surface area contributed by atoms with Gasteiger partial charge in [-0.05, 0) is 36.8 Å². The van der Waals surface area contributed by atoms with Crippen molar-refractivity contribution < 1.29 is 9.53 Å². The Balaban J connectivity index is 1.84. The van der Waals surface area contributed by atoms with Crippen LogP contribution >= 0.6 is 23.2 Å². The second-order valence-electron chi connectivity index (χ2n) is 4.81. The summed E-state index contributed by atoms with van der Waals surface area (Å²) >= 11 is 11.8. The van der Waals surface area contributed by atoms with Gasteiger partial charge >= 0.3 is 0 Å². The molecule has 0 amide bonds. The Morgan fingerprint density at radius 1 is 1.30 bits per heavy atom. The number of pyridine rings is 1. The standard InChI is InChI=1S/C17H14Cl2N2O2/c18-12-6-7-17(14(19)10-12)23-9-3-5-16(22)13(11-20)15-4-1-2-8-21-15/h1-2,4,6-8,10,13H,3,5,9H2. The summed E-state index contributed by atoms with van der Waals surface area (Å²) in [5.41, 5.74) is 0.474. The quantitative estimate of drug-likeness (QED) is 0.694. The van der Waals surface area contributed by atoms with Crippen molar-refractivity contribution in [2.24, 2.45) is 0 Å². The van der Waals surface area contributed by atoms with Crippen molar-refractivity contribution in [3.63, 3.8) is 0 Å². The number of benzene rings is 1. The fourth-order valence-corrected chi connectivity index (χ4v) is 2.48. The molecule has 0 fully saturated rings. The first-order valence-corrected chi connectivity index (χ1v) is 7.78. The van der Waals surface area contributed by atoms with E-state index in [1.54, 1.807) is 42.6 Å². The molecule has 0 saturated carbocycles. The molecule has 0 bridgehead atoms. The highest BCUT2D eigenvalue weighted by Crippen LogP contribution is 2.27. The van der Waals surface area contributed by atoms with Crippen molar-refractivity contribution in [3.8, 4) is 11.8 Å². The van der Waals surface area contributed by atoms with Crippen LogP contribution in [0, 0.1) is 11.3 Å². The zero-order chi connectivity index (χ0) is 16.7. The van der Waals surface area contributed by atoms with Crippen molar-refractivity contribution in [1.29, 1.82) is 5.26 Å². The minimum atomic E-state index is -0.838. The summed E-state index contributed by atoms with van der Waals surface area (Å²) in [6.45, 7) is 0.327. The van der Waals surface area contributed by atoms with E-state index in [2.05, 4.69) is 4.98 Å². The van der Waals surface area contributed by atoms with Gasteiger partial charge in [-0.2, -0.15) is 5.26 Å². The minimum Gasteiger partial charge on any atom is -0.492 e. The van der Waals surface area contributed by atoms with Crippen LogP contribution in [0.4, 0.5) is 0 Å². The largest absolute Gasteiger partial charge is 0.492 e. The zero-order valence-electron chi connectivity index (χ0n) is 12.2. The van der Waals surface area contributed by atoms with E-state index in [0.29, 0.717) is 34.5 Å². The zero-order valence-corrected chi connectivity index (χ0v) is 13.7. The number of hydrogen-bond donors (Lipinski definition) is 0. The topological polar surface area (TPSA) is 63.0 Å². The summed E-state index contributed by atoms with van der Waals surface area (Å²) in [6, 6.07) is 12.1. The highest BCUT2D eigenvalue weighted by atomic mass is 35.5. The fraction of sp³-hybridized carbons (Fsp3) is 0.235. The van der Waals surface area contributed by atoms with Gasteiger partial charge in [-0.3, -0.25) is 9.78 Å². The Kier molecular flexibility index (Phi) is 6.40. The van der Waals surface area contributed by atoms with E-state index >= 15 is 0 Å². The van der Waals surface area contributed by atoms with E-state index in [-0.39, 0.29) is 12.2 Å². The van der Waals surface area contributed by atoms with E-state index < -0.39 is 5.92 Å². The number of ether oxygens (including phenoxy) is 1. The van der Waals surface area contributed by atoms with Crippen molar-refractivity contribution in [1.82, 2.24) is 4.98 Å². The molecule has 2 aromatic rings.